The lowest BCUT2D eigenvalue weighted by atomic mass is 10.3. The first-order valence-electron chi connectivity index (χ1n) is 10.1. The summed E-state index contributed by atoms with van der Waals surface area (Å²) in [5.41, 5.74) is 8.00. The molecule has 3 aromatic rings. The average molecular weight is 793 g/mol. The molecule has 5 nitrogen and oxygen atoms in total. The van der Waals surface area contributed by atoms with E-state index in [-0.39, 0.29) is 11.8 Å². The molecule has 0 aliphatic heterocycles. The number of hydrogen-bond acceptors (Lipinski definition) is 3. The number of likely N-dealkylation sites (N-methyl/N-ethyl adjacent to an activating group) is 1. The number of nitrogens with one attached hydrogen (secondary N) is 1. The van der Waals surface area contributed by atoms with Crippen molar-refractivity contribution in [1.82, 2.24) is 0 Å². The van der Waals surface area contributed by atoms with Crippen LogP contribution in [0.4, 0.5) is 17.1 Å². The van der Waals surface area contributed by atoms with Gasteiger partial charge in [0.05, 0.1) is 0 Å². The third-order valence-electron chi connectivity index (χ3n) is 4.00. The monoisotopic (exact) mass is 793 g/mol. The molecule has 0 bridgehead atoms. The second kappa shape index (κ2) is 16.7. The maximum absolute atomic E-state index is 11.5. The van der Waals surface area contributed by atoms with Crippen molar-refractivity contribution in [2.45, 2.75) is 6.92 Å². The van der Waals surface area contributed by atoms with Gasteiger partial charge in [0.1, 0.15) is 0 Å². The Labute approximate surface area is 242 Å². The van der Waals surface area contributed by atoms with Crippen LogP contribution in [0.2, 0.25) is 0 Å². The molecule has 3 aromatic carbocycles. The minimum absolute atomic E-state index is 0.0606. The van der Waals surface area contributed by atoms with E-state index < -0.39 is 0 Å². The van der Waals surface area contributed by atoms with Crippen LogP contribution in [-0.2, 0) is 9.59 Å². The maximum Gasteiger partial charge on any atom is 0.250 e. The van der Waals surface area contributed by atoms with Crippen molar-refractivity contribution in [2.24, 2.45) is 0 Å². The highest BCUT2D eigenvalue weighted by atomic mass is 127. The molecule has 0 spiro atoms. The Hall–Kier alpha value is -1.93. The summed E-state index contributed by atoms with van der Waals surface area (Å²) in [7, 11) is 0. The Bertz CT molecular complexity index is 1100. The van der Waals surface area contributed by atoms with E-state index in [1.807, 2.05) is 79.7 Å². The molecule has 0 heterocycles. The van der Waals surface area contributed by atoms with Gasteiger partial charge in [0.25, 0.3) is 0 Å². The Morgan fingerprint density at radius 3 is 1.88 bits per heavy atom. The first-order chi connectivity index (χ1) is 16.2. The number of benzene rings is 3. The Balaban J connectivity index is 0.000000264. The van der Waals surface area contributed by atoms with Crippen molar-refractivity contribution in [2.75, 3.05) is 22.5 Å². The topological polar surface area (TPSA) is 75.4 Å². The van der Waals surface area contributed by atoms with Crippen LogP contribution in [0.1, 0.15) is 6.92 Å². The van der Waals surface area contributed by atoms with Crippen LogP contribution >= 0.6 is 67.8 Å². The zero-order valence-electron chi connectivity index (χ0n) is 18.7. The van der Waals surface area contributed by atoms with Crippen LogP contribution < -0.4 is 16.0 Å². The SMILES string of the molecule is C=CC(=O)N(CC)c1cccc(I)c1.C=CC(=O)Nc1cccc(I)c1.Nc1cccc(I)c1. The van der Waals surface area contributed by atoms with Crippen LogP contribution in [0, 0.1) is 10.7 Å². The van der Waals surface area contributed by atoms with Crippen molar-refractivity contribution in [3.05, 3.63) is 109 Å². The molecule has 3 rings (SSSR count). The molecule has 0 aromatic heterocycles. The van der Waals surface area contributed by atoms with E-state index in [4.69, 9.17) is 5.73 Å². The summed E-state index contributed by atoms with van der Waals surface area (Å²) in [6, 6.07) is 23.2. The van der Waals surface area contributed by atoms with Gasteiger partial charge >= 0.3 is 0 Å². The fraction of sp³-hybridized carbons (Fsp3) is 0.0769. The van der Waals surface area contributed by atoms with Crippen molar-refractivity contribution in [1.29, 1.82) is 0 Å². The van der Waals surface area contributed by atoms with Gasteiger partial charge in [0, 0.05) is 34.3 Å². The molecule has 3 N–H and O–H groups in total. The molecule has 0 unspecified atom stereocenters. The smallest absolute Gasteiger partial charge is 0.250 e. The van der Waals surface area contributed by atoms with Crippen LogP contribution in [0.25, 0.3) is 0 Å². The van der Waals surface area contributed by atoms with E-state index in [1.165, 1.54) is 15.7 Å². The van der Waals surface area contributed by atoms with Gasteiger partial charge in [-0.2, -0.15) is 0 Å². The Morgan fingerprint density at radius 2 is 1.44 bits per heavy atom. The minimum atomic E-state index is -0.183. The Morgan fingerprint density at radius 1 is 0.882 bits per heavy atom. The van der Waals surface area contributed by atoms with Gasteiger partial charge in [-0.15, -0.1) is 0 Å². The zero-order valence-corrected chi connectivity index (χ0v) is 25.2. The predicted octanol–water partition coefficient (Wildman–Crippen LogP) is 7.12. The first kappa shape index (κ1) is 30.1. The molecule has 8 heteroatoms. The highest BCUT2D eigenvalue weighted by molar-refractivity contribution is 14.1. The molecular formula is C26H26I3N3O2. The number of carbonyl (C=O) groups is 2. The van der Waals surface area contributed by atoms with E-state index in [2.05, 4.69) is 86.2 Å². The highest BCUT2D eigenvalue weighted by Crippen LogP contribution is 2.17. The van der Waals surface area contributed by atoms with Crippen molar-refractivity contribution in [3.8, 4) is 0 Å². The summed E-state index contributed by atoms with van der Waals surface area (Å²) in [6.07, 6.45) is 2.59. The summed E-state index contributed by atoms with van der Waals surface area (Å²) >= 11 is 6.64. The molecule has 0 aliphatic carbocycles. The number of amides is 2. The van der Waals surface area contributed by atoms with Crippen molar-refractivity contribution < 1.29 is 9.59 Å². The summed E-state index contributed by atoms with van der Waals surface area (Å²) in [5.74, 6) is -0.244. The fourth-order valence-corrected chi connectivity index (χ4v) is 4.12. The largest absolute Gasteiger partial charge is 0.399 e. The molecule has 0 saturated heterocycles. The molecule has 178 valence electrons. The molecule has 34 heavy (non-hydrogen) atoms. The van der Waals surface area contributed by atoms with Crippen molar-refractivity contribution >= 4 is 96.6 Å². The summed E-state index contributed by atoms with van der Waals surface area (Å²) in [4.78, 5) is 24.0. The molecule has 0 fully saturated rings. The van der Waals surface area contributed by atoms with Gasteiger partial charge in [-0.3, -0.25) is 9.59 Å². The lowest BCUT2D eigenvalue weighted by Crippen LogP contribution is -2.28. The van der Waals surface area contributed by atoms with Gasteiger partial charge in [0.2, 0.25) is 11.8 Å². The number of nitrogens with zero attached hydrogens (tertiary/aromatic N) is 1. The average Bonchev–Trinajstić information content (AvgIpc) is 2.80. The fourth-order valence-electron chi connectivity index (χ4n) is 2.49. The van der Waals surface area contributed by atoms with Gasteiger partial charge in [-0.25, -0.2) is 0 Å². The van der Waals surface area contributed by atoms with Crippen LogP contribution in [0.5, 0.6) is 0 Å². The molecule has 0 saturated carbocycles. The summed E-state index contributed by atoms with van der Waals surface area (Å²) < 4.78 is 3.40. The van der Waals surface area contributed by atoms with Gasteiger partial charge in [0.15, 0.2) is 0 Å². The lowest BCUT2D eigenvalue weighted by molar-refractivity contribution is -0.114. The van der Waals surface area contributed by atoms with E-state index in [0.717, 1.165) is 24.2 Å². The molecule has 0 aliphatic rings. The third-order valence-corrected chi connectivity index (χ3v) is 6.02. The zero-order chi connectivity index (χ0) is 25.5. The van der Waals surface area contributed by atoms with E-state index >= 15 is 0 Å². The minimum Gasteiger partial charge on any atom is -0.399 e. The second-order valence-electron chi connectivity index (χ2n) is 6.53. The van der Waals surface area contributed by atoms with Gasteiger partial charge < -0.3 is 16.0 Å². The summed E-state index contributed by atoms with van der Waals surface area (Å²) in [5, 5.41) is 2.67. The van der Waals surface area contributed by atoms with Gasteiger partial charge in [-0.1, -0.05) is 31.4 Å². The predicted molar refractivity (Wildman–Crippen MR) is 169 cm³/mol. The second-order valence-corrected chi connectivity index (χ2v) is 10.3. The number of rotatable bonds is 5. The van der Waals surface area contributed by atoms with Gasteiger partial charge in [-0.05, 0) is 141 Å². The summed E-state index contributed by atoms with van der Waals surface area (Å²) in [6.45, 7) is 9.45. The number of nitrogens with two attached hydrogens (primary N) is 1. The molecule has 0 radical (unpaired) electrons. The highest BCUT2D eigenvalue weighted by Gasteiger charge is 2.09. The molecule has 2 amide bonds. The number of carbonyl (C=O) groups excluding carboxylic acids is 2. The number of anilines is 3. The standard InChI is InChI=1S/C11H12INO.C9H8INO.C6H6IN/c1-3-11(14)13(4-2)10-7-5-6-9(12)8-10;1-2-9(12)11-8-5-3-4-7(10)6-8;7-5-2-1-3-6(8)4-5/h3,5-8H,1,4H2,2H3;2-6H,1H2,(H,11,12);1-4H,8H2. The van der Waals surface area contributed by atoms with E-state index in [9.17, 15) is 9.59 Å². The maximum atomic E-state index is 11.5. The molecular weight excluding hydrogens is 767 g/mol. The molecule has 0 atom stereocenters. The van der Waals surface area contributed by atoms with Crippen LogP contribution in [0.3, 0.4) is 0 Å². The Kier molecular flexibility index (Phi) is 14.7. The van der Waals surface area contributed by atoms with Crippen LogP contribution in [0.15, 0.2) is 98.1 Å². The third kappa shape index (κ3) is 12.0. The number of hydrogen-bond donors (Lipinski definition) is 2. The van der Waals surface area contributed by atoms with E-state index in [0.29, 0.717) is 6.54 Å². The quantitative estimate of drug-likeness (QED) is 0.164. The van der Waals surface area contributed by atoms with Crippen molar-refractivity contribution in [3.63, 3.8) is 0 Å². The lowest BCUT2D eigenvalue weighted by Gasteiger charge is -2.19. The number of halogens is 3. The van der Waals surface area contributed by atoms with E-state index in [1.54, 1.807) is 4.90 Å². The normalized spacial score (nSPS) is 9.29. The number of nitrogen functional groups attached to an aromatic ring is 1. The first-order valence-corrected chi connectivity index (χ1v) is 13.3. The van der Waals surface area contributed by atoms with Crippen LogP contribution in [-0.4, -0.2) is 18.4 Å².